The molecule has 0 unspecified atom stereocenters. The second-order valence-corrected chi connectivity index (χ2v) is 12.5. The van der Waals surface area contributed by atoms with Crippen LogP contribution in [0.15, 0.2) is 146 Å². The molecule has 0 saturated heterocycles. The van der Waals surface area contributed by atoms with Crippen LogP contribution >= 0.6 is 0 Å². The maximum Gasteiger partial charge on any atom is 0.286 e. The molecule has 3 heteroatoms. The summed E-state index contributed by atoms with van der Waals surface area (Å²) in [6.45, 7) is 2.24. The normalized spacial score (nSPS) is 12.1. The zero-order chi connectivity index (χ0) is 30.5. The van der Waals surface area contributed by atoms with Crippen LogP contribution < -0.4 is 4.57 Å². The summed E-state index contributed by atoms with van der Waals surface area (Å²) in [4.78, 5) is 0. The standard InChI is InChI=1S/C43H30N3/c1-27-13-11-21-36-40-38(45(41(27)36)39-23-9-10-26-44(39)2)25-24-35-31-17-6-4-15-29(31)28-14-3-5-16-30(28)33-19-12-20-34-32-18-7-8-22-37(32)46(42(33)34)43(35)40/h3-26H,1-2H3/q+1. The van der Waals surface area contributed by atoms with Crippen LogP contribution in [0.4, 0.5) is 0 Å². The van der Waals surface area contributed by atoms with Crippen molar-refractivity contribution in [3.63, 3.8) is 0 Å². The van der Waals surface area contributed by atoms with Crippen LogP contribution in [-0.2, 0) is 7.05 Å². The summed E-state index contributed by atoms with van der Waals surface area (Å²) in [7, 11) is 2.13. The molecule has 4 aromatic heterocycles. The molecule has 0 aliphatic heterocycles. The lowest BCUT2D eigenvalue weighted by Gasteiger charge is -2.07. The van der Waals surface area contributed by atoms with E-state index in [1.807, 2.05) is 0 Å². The van der Waals surface area contributed by atoms with Crippen LogP contribution in [0.25, 0.3) is 87.3 Å². The van der Waals surface area contributed by atoms with Crippen LogP contribution in [0.3, 0.4) is 0 Å². The third-order valence-electron chi connectivity index (χ3n) is 10.0. The number of aromatic nitrogens is 3. The zero-order valence-corrected chi connectivity index (χ0v) is 25.7. The second kappa shape index (κ2) is 9.29. The van der Waals surface area contributed by atoms with Crippen molar-refractivity contribution in [1.82, 2.24) is 8.97 Å². The first-order chi connectivity index (χ1) is 22.7. The molecule has 216 valence electrons. The summed E-state index contributed by atoms with van der Waals surface area (Å²) in [5.41, 5.74) is 7.38. The fourth-order valence-corrected chi connectivity index (χ4v) is 8.12. The monoisotopic (exact) mass is 588 g/mol. The van der Waals surface area contributed by atoms with Gasteiger partial charge in [0.25, 0.3) is 5.82 Å². The van der Waals surface area contributed by atoms with E-state index < -0.39 is 0 Å². The molecular formula is C43H30N3+. The van der Waals surface area contributed by atoms with Crippen molar-refractivity contribution in [3.05, 3.63) is 151 Å². The summed E-state index contributed by atoms with van der Waals surface area (Å²) in [5.74, 6) is 1.13. The van der Waals surface area contributed by atoms with Gasteiger partial charge in [0.2, 0.25) is 0 Å². The first kappa shape index (κ1) is 25.4. The second-order valence-electron chi connectivity index (χ2n) is 12.5. The lowest BCUT2D eigenvalue weighted by Crippen LogP contribution is -2.33. The van der Waals surface area contributed by atoms with E-state index in [0.29, 0.717) is 0 Å². The number of pyridine rings is 1. The zero-order valence-electron chi connectivity index (χ0n) is 25.7. The molecule has 0 bridgehead atoms. The van der Waals surface area contributed by atoms with Crippen LogP contribution in [0, 0.1) is 6.92 Å². The van der Waals surface area contributed by atoms with E-state index in [1.54, 1.807) is 0 Å². The highest BCUT2D eigenvalue weighted by molar-refractivity contribution is 6.30. The van der Waals surface area contributed by atoms with Crippen LogP contribution in [-0.4, -0.2) is 8.97 Å². The fraction of sp³-hybridized carbons (Fsp3) is 0.0465. The molecule has 0 spiro atoms. The van der Waals surface area contributed by atoms with Gasteiger partial charge in [-0.3, -0.25) is 0 Å². The number of benzene rings is 6. The van der Waals surface area contributed by atoms with E-state index >= 15 is 0 Å². The van der Waals surface area contributed by atoms with Gasteiger partial charge in [0, 0.05) is 33.0 Å². The van der Waals surface area contributed by atoms with E-state index in [-0.39, 0.29) is 0 Å². The number of nitrogens with zero attached hydrogens (tertiary/aromatic N) is 3. The van der Waals surface area contributed by atoms with Gasteiger partial charge in [-0.2, -0.15) is 4.57 Å². The van der Waals surface area contributed by atoms with Gasteiger partial charge >= 0.3 is 0 Å². The molecule has 3 nitrogen and oxygen atoms in total. The average molecular weight is 589 g/mol. The van der Waals surface area contributed by atoms with Crippen molar-refractivity contribution in [1.29, 1.82) is 0 Å². The van der Waals surface area contributed by atoms with E-state index in [1.165, 1.54) is 87.0 Å². The van der Waals surface area contributed by atoms with E-state index in [0.717, 1.165) is 5.82 Å². The molecule has 10 rings (SSSR count). The van der Waals surface area contributed by atoms with Gasteiger partial charge in [-0.25, -0.2) is 4.57 Å². The third kappa shape index (κ3) is 3.24. The van der Waals surface area contributed by atoms with Crippen LogP contribution in [0.2, 0.25) is 0 Å². The summed E-state index contributed by atoms with van der Waals surface area (Å²) in [6.07, 6.45) is 2.13. The fourth-order valence-electron chi connectivity index (χ4n) is 8.12. The molecular weight excluding hydrogens is 558 g/mol. The molecule has 0 radical (unpaired) electrons. The smallest absolute Gasteiger partial charge is 0.286 e. The predicted molar refractivity (Wildman–Crippen MR) is 194 cm³/mol. The van der Waals surface area contributed by atoms with Gasteiger partial charge in [-0.1, -0.05) is 103 Å². The largest absolute Gasteiger partial charge is 0.307 e. The Hall–Kier alpha value is -5.93. The summed E-state index contributed by atoms with van der Waals surface area (Å²) >= 11 is 0. The molecule has 4 heterocycles. The molecule has 46 heavy (non-hydrogen) atoms. The number of rotatable bonds is 1. The summed E-state index contributed by atoms with van der Waals surface area (Å²) in [5, 5.41) is 12.5. The lowest BCUT2D eigenvalue weighted by molar-refractivity contribution is -0.665. The predicted octanol–water partition coefficient (Wildman–Crippen LogP) is 10.5. The van der Waals surface area contributed by atoms with Crippen molar-refractivity contribution in [2.24, 2.45) is 7.05 Å². The van der Waals surface area contributed by atoms with Crippen molar-refractivity contribution in [3.8, 4) is 5.82 Å². The molecule has 0 amide bonds. The topological polar surface area (TPSA) is 13.2 Å². The maximum absolute atomic E-state index is 2.58. The number of para-hydroxylation sites is 3. The number of hydrogen-bond donors (Lipinski definition) is 0. The molecule has 10 aromatic rings. The SMILES string of the molecule is Cc1cccc2c3c(ccc4c5ccccc5c5ccccc5c5cccc6c7ccccc7n(c56)c43)n(-c3cccc[n+]3C)c12. The van der Waals surface area contributed by atoms with E-state index in [9.17, 15) is 0 Å². The molecule has 0 atom stereocenters. The van der Waals surface area contributed by atoms with Crippen molar-refractivity contribution in [2.45, 2.75) is 6.92 Å². The molecule has 6 aromatic carbocycles. The summed E-state index contributed by atoms with van der Waals surface area (Å²) in [6, 6.07) is 51.5. The first-order valence-corrected chi connectivity index (χ1v) is 15.9. The Bertz CT molecular complexity index is 2940. The number of aryl methyl sites for hydroxylation is 2. The van der Waals surface area contributed by atoms with Gasteiger partial charge in [0.05, 0.1) is 35.2 Å². The third-order valence-corrected chi connectivity index (χ3v) is 10.0. The number of hydrogen-bond acceptors (Lipinski definition) is 0. The minimum atomic E-state index is 1.13. The highest BCUT2D eigenvalue weighted by Crippen LogP contribution is 2.43. The Labute approximate surface area is 265 Å². The Balaban J connectivity index is 1.66. The van der Waals surface area contributed by atoms with Crippen molar-refractivity contribution >= 4 is 81.4 Å². The van der Waals surface area contributed by atoms with Gasteiger partial charge in [-0.15, -0.1) is 0 Å². The molecule has 0 saturated carbocycles. The molecule has 0 aliphatic rings. The van der Waals surface area contributed by atoms with Gasteiger partial charge < -0.3 is 4.40 Å². The Morgan fingerprint density at radius 2 is 0.957 bits per heavy atom. The van der Waals surface area contributed by atoms with Gasteiger partial charge in [-0.05, 0) is 64.4 Å². The first-order valence-electron chi connectivity index (χ1n) is 15.9. The van der Waals surface area contributed by atoms with E-state index in [2.05, 4.69) is 173 Å². The summed E-state index contributed by atoms with van der Waals surface area (Å²) < 4.78 is 7.26. The lowest BCUT2D eigenvalue weighted by atomic mass is 10.00. The Morgan fingerprint density at radius 1 is 0.413 bits per heavy atom. The van der Waals surface area contributed by atoms with Gasteiger partial charge in [0.15, 0.2) is 0 Å². The van der Waals surface area contributed by atoms with Crippen LogP contribution in [0.5, 0.6) is 0 Å². The van der Waals surface area contributed by atoms with Gasteiger partial charge in [0.1, 0.15) is 11.0 Å². The van der Waals surface area contributed by atoms with Crippen molar-refractivity contribution < 1.29 is 4.57 Å². The molecule has 0 aliphatic carbocycles. The Kier molecular flexibility index (Phi) is 5.13. The minimum absolute atomic E-state index is 1.13. The van der Waals surface area contributed by atoms with Crippen LogP contribution in [0.1, 0.15) is 5.56 Å². The van der Waals surface area contributed by atoms with Crippen molar-refractivity contribution in [2.75, 3.05) is 0 Å². The highest BCUT2D eigenvalue weighted by atomic mass is 15.1. The maximum atomic E-state index is 2.58. The highest BCUT2D eigenvalue weighted by Gasteiger charge is 2.25. The number of fused-ring (bicyclic) bond motifs is 14. The Morgan fingerprint density at radius 3 is 1.67 bits per heavy atom. The molecule has 0 N–H and O–H groups in total. The average Bonchev–Trinajstić information content (AvgIpc) is 3.63. The van der Waals surface area contributed by atoms with E-state index in [4.69, 9.17) is 0 Å². The minimum Gasteiger partial charge on any atom is -0.307 e. The quantitative estimate of drug-likeness (QED) is 0.169. The molecule has 0 fully saturated rings.